The molecular weight excluding hydrogens is 446 g/mol. The summed E-state index contributed by atoms with van der Waals surface area (Å²) in [4.78, 5) is 8.56. The summed E-state index contributed by atoms with van der Waals surface area (Å²) in [6.07, 6.45) is 6.20. The van der Waals surface area contributed by atoms with Crippen molar-refractivity contribution in [1.82, 2.24) is 24.3 Å². The molecular formula is C25H21F4N5. The molecule has 1 aliphatic heterocycles. The first-order chi connectivity index (χ1) is 16.3. The van der Waals surface area contributed by atoms with Gasteiger partial charge in [0.1, 0.15) is 5.82 Å². The summed E-state index contributed by atoms with van der Waals surface area (Å²) in [6.45, 7) is 4.35. The first-order valence-electron chi connectivity index (χ1n) is 10.9. The van der Waals surface area contributed by atoms with Crippen LogP contribution in [0.5, 0.6) is 0 Å². The van der Waals surface area contributed by atoms with Crippen molar-refractivity contribution in [2.24, 2.45) is 0 Å². The van der Waals surface area contributed by atoms with Crippen molar-refractivity contribution in [3.63, 3.8) is 0 Å². The molecule has 34 heavy (non-hydrogen) atoms. The van der Waals surface area contributed by atoms with E-state index in [9.17, 15) is 13.2 Å². The van der Waals surface area contributed by atoms with Crippen molar-refractivity contribution in [2.45, 2.75) is 39.2 Å². The summed E-state index contributed by atoms with van der Waals surface area (Å²) in [6, 6.07) is 7.46. The Labute approximate surface area is 193 Å². The molecule has 0 bridgehead atoms. The van der Waals surface area contributed by atoms with Gasteiger partial charge in [-0.25, -0.2) is 32.2 Å². The lowest BCUT2D eigenvalue weighted by molar-refractivity contribution is 0.427. The Morgan fingerprint density at radius 3 is 2.53 bits per heavy atom. The number of imidazole rings is 1. The molecule has 2 aromatic carbocycles. The fraction of sp³-hybridized carbons (Fsp3) is 0.240. The van der Waals surface area contributed by atoms with Crippen molar-refractivity contribution < 1.29 is 17.6 Å². The highest BCUT2D eigenvalue weighted by atomic mass is 19.2. The van der Waals surface area contributed by atoms with Crippen LogP contribution in [0.2, 0.25) is 0 Å². The average molecular weight is 467 g/mol. The van der Waals surface area contributed by atoms with Crippen LogP contribution in [0.4, 0.5) is 17.6 Å². The van der Waals surface area contributed by atoms with Gasteiger partial charge in [0.2, 0.25) is 5.82 Å². The predicted octanol–water partition coefficient (Wildman–Crippen LogP) is 5.89. The lowest BCUT2D eigenvalue weighted by atomic mass is 9.91. The normalized spacial score (nSPS) is 16.1. The number of fused-ring (bicyclic) bond motifs is 1. The van der Waals surface area contributed by atoms with E-state index < -0.39 is 29.2 Å². The molecule has 2 aromatic heterocycles. The van der Waals surface area contributed by atoms with Crippen LogP contribution in [-0.2, 0) is 6.54 Å². The smallest absolute Gasteiger partial charge is 0.210 e. The van der Waals surface area contributed by atoms with Crippen LogP contribution in [0.25, 0.3) is 17.6 Å². The van der Waals surface area contributed by atoms with Crippen molar-refractivity contribution >= 4 is 11.9 Å². The van der Waals surface area contributed by atoms with Gasteiger partial charge in [0.25, 0.3) is 0 Å². The van der Waals surface area contributed by atoms with E-state index >= 15 is 4.39 Å². The van der Waals surface area contributed by atoms with Crippen LogP contribution >= 0.6 is 0 Å². The molecule has 174 valence electrons. The fourth-order valence-corrected chi connectivity index (χ4v) is 4.37. The van der Waals surface area contributed by atoms with E-state index in [0.717, 1.165) is 29.1 Å². The van der Waals surface area contributed by atoms with E-state index in [-0.39, 0.29) is 11.4 Å². The Balaban J connectivity index is 1.45. The minimum Gasteiger partial charge on any atom is -0.306 e. The monoisotopic (exact) mass is 467 g/mol. The van der Waals surface area contributed by atoms with Crippen LogP contribution < -0.4 is 0 Å². The second kappa shape index (κ2) is 8.55. The molecule has 0 saturated carbocycles. The van der Waals surface area contributed by atoms with Crippen LogP contribution in [0.15, 0.2) is 42.9 Å². The Hall–Kier alpha value is -3.75. The Kier molecular flexibility index (Phi) is 5.55. The zero-order chi connectivity index (χ0) is 24.0. The van der Waals surface area contributed by atoms with Gasteiger partial charge in [-0.05, 0) is 73.7 Å². The zero-order valence-electron chi connectivity index (χ0n) is 18.6. The summed E-state index contributed by atoms with van der Waals surface area (Å²) in [5, 5.41) is 4.26. The molecule has 9 heteroatoms. The first-order valence-corrected chi connectivity index (χ1v) is 10.9. The number of halogens is 4. The van der Waals surface area contributed by atoms with Crippen LogP contribution in [-0.4, -0.2) is 24.3 Å². The van der Waals surface area contributed by atoms with Crippen LogP contribution in [0.1, 0.15) is 52.8 Å². The van der Waals surface area contributed by atoms with Gasteiger partial charge in [-0.15, -0.1) is 5.10 Å². The third-order valence-corrected chi connectivity index (χ3v) is 6.00. The van der Waals surface area contributed by atoms with E-state index in [0.29, 0.717) is 30.8 Å². The van der Waals surface area contributed by atoms with Gasteiger partial charge in [0.15, 0.2) is 23.3 Å². The number of benzene rings is 2. The number of aromatic nitrogens is 5. The Bertz CT molecular complexity index is 1400. The van der Waals surface area contributed by atoms with Crippen molar-refractivity contribution in [3.05, 3.63) is 94.3 Å². The third kappa shape index (κ3) is 4.02. The van der Waals surface area contributed by atoms with Crippen molar-refractivity contribution in [2.75, 3.05) is 0 Å². The molecule has 3 heterocycles. The number of aryl methyl sites for hydroxylation is 3. The van der Waals surface area contributed by atoms with Gasteiger partial charge in [0.05, 0.1) is 12.0 Å². The lowest BCUT2D eigenvalue weighted by Crippen LogP contribution is -2.18. The molecule has 1 aliphatic rings. The quantitative estimate of drug-likeness (QED) is 0.278. The zero-order valence-corrected chi connectivity index (χ0v) is 18.6. The van der Waals surface area contributed by atoms with E-state index in [1.54, 1.807) is 17.1 Å². The Morgan fingerprint density at radius 2 is 1.85 bits per heavy atom. The van der Waals surface area contributed by atoms with Crippen LogP contribution in [0.3, 0.4) is 0 Å². The highest BCUT2D eigenvalue weighted by Crippen LogP contribution is 2.34. The van der Waals surface area contributed by atoms with Gasteiger partial charge >= 0.3 is 0 Å². The van der Waals surface area contributed by atoms with Gasteiger partial charge in [-0.2, -0.15) is 0 Å². The lowest BCUT2D eigenvalue weighted by Gasteiger charge is -2.22. The van der Waals surface area contributed by atoms with E-state index in [1.807, 2.05) is 36.7 Å². The predicted molar refractivity (Wildman–Crippen MR) is 119 cm³/mol. The number of hydrogen-bond donors (Lipinski definition) is 0. The standard InChI is InChI=1S/C25H21F4N5/c1-14-8-16(5-6-22(14)33-12-15(2)30-13-33)9-21(28)24-31-25-18(4-3-7-34(25)32-24)17-10-19(26)23(29)20(27)11-17/h5-6,8-13,18H,3-4,7H2,1-2H3/b21-9-/t18-/m0/s1. The molecule has 0 radical (unpaired) electrons. The first kappa shape index (κ1) is 22.1. The molecule has 5 rings (SSSR count). The molecule has 0 unspecified atom stereocenters. The molecule has 1 atom stereocenters. The summed E-state index contributed by atoms with van der Waals surface area (Å²) in [5.41, 5.74) is 3.67. The third-order valence-electron chi connectivity index (χ3n) is 6.00. The molecule has 4 aromatic rings. The maximum atomic E-state index is 15.1. The highest BCUT2D eigenvalue weighted by molar-refractivity contribution is 5.74. The number of hydrogen-bond acceptors (Lipinski definition) is 3. The van der Waals surface area contributed by atoms with E-state index in [1.165, 1.54) is 6.08 Å². The molecule has 0 spiro atoms. The van der Waals surface area contributed by atoms with E-state index in [2.05, 4.69) is 15.1 Å². The summed E-state index contributed by atoms with van der Waals surface area (Å²) >= 11 is 0. The minimum absolute atomic E-state index is 0.100. The van der Waals surface area contributed by atoms with Gasteiger partial charge in [-0.1, -0.05) is 6.07 Å². The second-order valence-electron chi connectivity index (χ2n) is 8.47. The summed E-state index contributed by atoms with van der Waals surface area (Å²) in [7, 11) is 0. The maximum Gasteiger partial charge on any atom is 0.210 e. The van der Waals surface area contributed by atoms with Gasteiger partial charge < -0.3 is 4.57 Å². The topological polar surface area (TPSA) is 48.5 Å². The van der Waals surface area contributed by atoms with Gasteiger partial charge in [0, 0.05) is 24.3 Å². The molecule has 0 aliphatic carbocycles. The van der Waals surface area contributed by atoms with Gasteiger partial charge in [-0.3, -0.25) is 0 Å². The second-order valence-corrected chi connectivity index (χ2v) is 8.47. The Morgan fingerprint density at radius 1 is 1.09 bits per heavy atom. The SMILES string of the molecule is Cc1cn(-c2ccc(/C=C(\F)c3nc4n(n3)CCC[C@H]4c3cc(F)c(F)c(F)c3)cc2C)cn1. The molecule has 0 amide bonds. The van der Waals surface area contributed by atoms with E-state index in [4.69, 9.17) is 0 Å². The number of rotatable bonds is 4. The van der Waals surface area contributed by atoms with Crippen LogP contribution in [0, 0.1) is 31.3 Å². The summed E-state index contributed by atoms with van der Waals surface area (Å²) < 4.78 is 59.5. The average Bonchev–Trinajstić information content (AvgIpc) is 3.43. The minimum atomic E-state index is -1.51. The molecule has 0 N–H and O–H groups in total. The fourth-order valence-electron chi connectivity index (χ4n) is 4.37. The largest absolute Gasteiger partial charge is 0.306 e. The number of nitrogens with zero attached hydrogens (tertiary/aromatic N) is 5. The van der Waals surface area contributed by atoms with Crippen molar-refractivity contribution in [1.29, 1.82) is 0 Å². The highest BCUT2D eigenvalue weighted by Gasteiger charge is 2.28. The molecule has 0 fully saturated rings. The summed E-state index contributed by atoms with van der Waals surface area (Å²) in [5.74, 6) is -4.87. The molecule has 0 saturated heterocycles. The molecule has 5 nitrogen and oxygen atoms in total. The maximum absolute atomic E-state index is 15.1. The van der Waals surface area contributed by atoms with Crippen molar-refractivity contribution in [3.8, 4) is 5.69 Å².